The summed E-state index contributed by atoms with van der Waals surface area (Å²) in [5.74, 6) is -0.716. The van der Waals surface area contributed by atoms with Gasteiger partial charge in [0.2, 0.25) is 5.91 Å². The fourth-order valence-corrected chi connectivity index (χ4v) is 6.75. The van der Waals surface area contributed by atoms with Gasteiger partial charge in [-0.2, -0.15) is 0 Å². The molecule has 0 spiro atoms. The van der Waals surface area contributed by atoms with Crippen LogP contribution in [0.5, 0.6) is 0 Å². The van der Waals surface area contributed by atoms with E-state index in [1.165, 1.54) is 23.4 Å². The first-order valence-electron chi connectivity index (χ1n) is 14.6. The first kappa shape index (κ1) is 30.7. The van der Waals surface area contributed by atoms with Crippen LogP contribution in [0.25, 0.3) is 17.0 Å². The number of para-hydroxylation sites is 1. The molecule has 1 heterocycles. The summed E-state index contributed by atoms with van der Waals surface area (Å²) in [6, 6.07) is 29.1. The molecule has 226 valence electrons. The number of rotatable bonds is 8. The summed E-state index contributed by atoms with van der Waals surface area (Å²) in [7, 11) is 0. The molecule has 0 saturated heterocycles. The number of amides is 2. The molecule has 6 nitrogen and oxygen atoms in total. The van der Waals surface area contributed by atoms with E-state index in [0.717, 1.165) is 47.2 Å². The van der Waals surface area contributed by atoms with E-state index >= 15 is 0 Å². The fraction of sp³-hybridized carbons (Fsp3) is 0.139. The number of aryl methyl sites for hydroxylation is 1. The molecule has 0 saturated carbocycles. The molecule has 4 aromatic carbocycles. The summed E-state index contributed by atoms with van der Waals surface area (Å²) in [5, 5.41) is 7.34. The summed E-state index contributed by atoms with van der Waals surface area (Å²) in [5.41, 5.74) is 4.77. The van der Waals surface area contributed by atoms with Crippen LogP contribution < -0.4 is 10.6 Å². The third-order valence-electron chi connectivity index (χ3n) is 7.69. The number of anilines is 1. The second-order valence-electron chi connectivity index (χ2n) is 10.7. The fourth-order valence-electron chi connectivity index (χ4n) is 5.58. The van der Waals surface area contributed by atoms with E-state index in [4.69, 9.17) is 23.2 Å². The Labute approximate surface area is 275 Å². The predicted octanol–water partition coefficient (Wildman–Crippen LogP) is 8.67. The lowest BCUT2D eigenvalue weighted by molar-refractivity contribution is -0.113. The highest BCUT2D eigenvalue weighted by atomic mass is 35.5. The van der Waals surface area contributed by atoms with Crippen LogP contribution in [0, 0.1) is 0 Å². The van der Waals surface area contributed by atoms with Crippen molar-refractivity contribution in [2.45, 2.75) is 30.6 Å². The lowest BCUT2D eigenvalue weighted by Crippen LogP contribution is -2.30. The molecule has 0 bridgehead atoms. The van der Waals surface area contributed by atoms with Crippen LogP contribution in [0.15, 0.2) is 108 Å². The molecule has 0 atom stereocenters. The minimum atomic E-state index is -0.543. The lowest BCUT2D eigenvalue weighted by atomic mass is 9.96. The van der Waals surface area contributed by atoms with Gasteiger partial charge in [-0.05, 0) is 85.4 Å². The summed E-state index contributed by atoms with van der Waals surface area (Å²) in [4.78, 5) is 40.9. The van der Waals surface area contributed by atoms with Crippen LogP contribution in [-0.4, -0.2) is 28.0 Å². The number of halogens is 2. The SMILES string of the molecule is O=C(Nc1cccc(SCC(=O)n2c3c(c4ccccc42)CCCC3)c1)/C(=C/c1cccc(Cl)c1Cl)NC(=O)c1ccccc1. The third kappa shape index (κ3) is 6.86. The Morgan fingerprint density at radius 3 is 2.44 bits per heavy atom. The molecule has 0 aliphatic heterocycles. The molecule has 9 heteroatoms. The number of nitrogens with one attached hydrogen (secondary N) is 2. The van der Waals surface area contributed by atoms with Gasteiger partial charge in [0.15, 0.2) is 0 Å². The van der Waals surface area contributed by atoms with Crippen molar-refractivity contribution in [3.05, 3.63) is 135 Å². The van der Waals surface area contributed by atoms with E-state index in [-0.39, 0.29) is 22.4 Å². The summed E-state index contributed by atoms with van der Waals surface area (Å²) >= 11 is 14.0. The van der Waals surface area contributed by atoms with Crippen molar-refractivity contribution in [3.8, 4) is 0 Å². The second kappa shape index (κ2) is 13.8. The van der Waals surface area contributed by atoms with Crippen molar-refractivity contribution in [1.82, 2.24) is 9.88 Å². The zero-order chi connectivity index (χ0) is 31.3. The number of hydrogen-bond acceptors (Lipinski definition) is 4. The van der Waals surface area contributed by atoms with Gasteiger partial charge in [-0.1, -0.05) is 77.8 Å². The maximum absolute atomic E-state index is 13.6. The third-order valence-corrected chi connectivity index (χ3v) is 9.50. The number of hydrogen-bond donors (Lipinski definition) is 2. The van der Waals surface area contributed by atoms with Gasteiger partial charge >= 0.3 is 0 Å². The van der Waals surface area contributed by atoms with Crippen molar-refractivity contribution in [3.63, 3.8) is 0 Å². The summed E-state index contributed by atoms with van der Waals surface area (Å²) in [6.07, 6.45) is 5.61. The highest BCUT2D eigenvalue weighted by Crippen LogP contribution is 2.33. The molecule has 0 fully saturated rings. The molecule has 0 unspecified atom stereocenters. The van der Waals surface area contributed by atoms with Crippen molar-refractivity contribution >= 4 is 75.4 Å². The zero-order valence-electron chi connectivity index (χ0n) is 24.2. The minimum absolute atomic E-state index is 0.00878. The Morgan fingerprint density at radius 2 is 1.60 bits per heavy atom. The topological polar surface area (TPSA) is 80.2 Å². The maximum atomic E-state index is 13.6. The molecule has 2 amide bonds. The number of thioether (sulfide) groups is 1. The Bertz CT molecular complexity index is 1950. The van der Waals surface area contributed by atoms with Crippen LogP contribution in [-0.2, 0) is 17.6 Å². The standard InChI is InChI=1S/C36H29Cl2N3O3S/c37-29-17-8-12-24(34(29)38)20-30(40-35(43)23-10-2-1-3-11-23)36(44)39-25-13-9-14-26(21-25)45-22-33(42)41-31-18-6-4-15-27(31)28-16-5-7-19-32(28)41/h1-4,6,8-15,17-18,20-21H,5,7,16,19,22H2,(H,39,44)(H,40,43)/b30-20-. The molecule has 1 aliphatic rings. The zero-order valence-corrected chi connectivity index (χ0v) is 26.5. The van der Waals surface area contributed by atoms with Gasteiger partial charge in [-0.15, -0.1) is 11.8 Å². The minimum Gasteiger partial charge on any atom is -0.321 e. The first-order chi connectivity index (χ1) is 21.9. The second-order valence-corrected chi connectivity index (χ2v) is 12.5. The molecule has 1 aromatic heterocycles. The van der Waals surface area contributed by atoms with Gasteiger partial charge in [0.25, 0.3) is 11.8 Å². The Balaban J connectivity index is 1.20. The van der Waals surface area contributed by atoms with Gasteiger partial charge in [0.05, 0.1) is 21.3 Å². The van der Waals surface area contributed by atoms with Gasteiger partial charge in [0.1, 0.15) is 5.70 Å². The van der Waals surface area contributed by atoms with Crippen LogP contribution >= 0.6 is 35.0 Å². The highest BCUT2D eigenvalue weighted by molar-refractivity contribution is 8.00. The number of nitrogens with zero attached hydrogens (tertiary/aromatic N) is 1. The largest absolute Gasteiger partial charge is 0.321 e. The molecule has 5 aromatic rings. The van der Waals surface area contributed by atoms with E-state index in [1.807, 2.05) is 41.0 Å². The molecular formula is C36H29Cl2N3O3S. The van der Waals surface area contributed by atoms with Crippen molar-refractivity contribution in [2.75, 3.05) is 11.1 Å². The Morgan fingerprint density at radius 1 is 0.844 bits per heavy atom. The van der Waals surface area contributed by atoms with Gasteiger partial charge in [-0.25, -0.2) is 0 Å². The molecule has 6 rings (SSSR count). The Hall–Kier alpha value is -4.30. The van der Waals surface area contributed by atoms with Crippen LogP contribution in [0.3, 0.4) is 0 Å². The van der Waals surface area contributed by atoms with Crippen molar-refractivity contribution in [1.29, 1.82) is 0 Å². The predicted molar refractivity (Wildman–Crippen MR) is 183 cm³/mol. The molecule has 0 radical (unpaired) electrons. The first-order valence-corrected chi connectivity index (χ1v) is 16.3. The quantitative estimate of drug-likeness (QED) is 0.130. The summed E-state index contributed by atoms with van der Waals surface area (Å²) in [6.45, 7) is 0. The van der Waals surface area contributed by atoms with E-state index in [2.05, 4.69) is 16.7 Å². The lowest BCUT2D eigenvalue weighted by Gasteiger charge is -2.15. The average Bonchev–Trinajstić information content (AvgIpc) is 3.40. The van der Waals surface area contributed by atoms with E-state index in [1.54, 1.807) is 54.6 Å². The smallest absolute Gasteiger partial charge is 0.272 e. The molecule has 45 heavy (non-hydrogen) atoms. The monoisotopic (exact) mass is 653 g/mol. The normalized spacial score (nSPS) is 12.9. The number of carbonyl (C=O) groups excluding carboxylic acids is 3. The number of carbonyl (C=O) groups is 3. The Kier molecular flexibility index (Phi) is 9.40. The number of fused-ring (bicyclic) bond motifs is 3. The van der Waals surface area contributed by atoms with Crippen molar-refractivity contribution < 1.29 is 14.4 Å². The maximum Gasteiger partial charge on any atom is 0.272 e. The van der Waals surface area contributed by atoms with Gasteiger partial charge in [-0.3, -0.25) is 19.0 Å². The van der Waals surface area contributed by atoms with Crippen LogP contribution in [0.1, 0.15) is 44.8 Å². The van der Waals surface area contributed by atoms with E-state index in [0.29, 0.717) is 21.8 Å². The summed E-state index contributed by atoms with van der Waals surface area (Å²) < 4.78 is 1.90. The van der Waals surface area contributed by atoms with Gasteiger partial charge < -0.3 is 10.6 Å². The van der Waals surface area contributed by atoms with Gasteiger partial charge in [0, 0.05) is 27.2 Å². The molecule has 1 aliphatic carbocycles. The number of benzene rings is 4. The van der Waals surface area contributed by atoms with E-state index < -0.39 is 11.8 Å². The highest BCUT2D eigenvalue weighted by Gasteiger charge is 2.23. The average molecular weight is 655 g/mol. The van der Waals surface area contributed by atoms with E-state index in [9.17, 15) is 14.4 Å². The molecule has 2 N–H and O–H groups in total. The molecular weight excluding hydrogens is 625 g/mol. The number of aromatic nitrogens is 1. The van der Waals surface area contributed by atoms with Crippen LogP contribution in [0.4, 0.5) is 5.69 Å². The van der Waals surface area contributed by atoms with Crippen molar-refractivity contribution in [2.24, 2.45) is 0 Å². The van der Waals surface area contributed by atoms with Crippen LogP contribution in [0.2, 0.25) is 10.0 Å².